The summed E-state index contributed by atoms with van der Waals surface area (Å²) in [4.78, 5) is 73.4. The molecule has 0 radical (unpaired) electrons. The molecule has 0 unspecified atom stereocenters. The minimum atomic E-state index is -3.96. The van der Waals surface area contributed by atoms with Crippen molar-refractivity contribution in [1.29, 1.82) is 0 Å². The van der Waals surface area contributed by atoms with Crippen LogP contribution in [0.2, 0.25) is 0 Å². The van der Waals surface area contributed by atoms with Crippen molar-refractivity contribution in [3.05, 3.63) is 54.8 Å². The third-order valence-corrected chi connectivity index (χ3v) is 10.6. The number of allylic oxidation sites excluding steroid dienone is 2. The molecule has 4 amide bonds. The van der Waals surface area contributed by atoms with Crippen molar-refractivity contribution in [3.8, 4) is 11.6 Å². The Hall–Kier alpha value is -4.99. The Morgan fingerprint density at radius 1 is 1.09 bits per heavy atom. The summed E-state index contributed by atoms with van der Waals surface area (Å²) in [6.45, 7) is 13.4. The standard InChI is InChI=1S/C38H51N5O10S/c1-9-17-38(7,35(47)42-54(49,50)28-12-13-28)41-32(45)31-21-27(52-33-29-14-11-26(51-8)20-24(29)16-18-39-33)22-43(31)34(46)30(15-10-25(44)19-23(2)3)40-36(48)53-37(4,5)6/h9,11,14,16,18-20,27-28,30-31H,1,10,12-13,15,17,21-22H2,2-8H3,(H,40,48)(H,41,45)(H,42,47)/t27-,30+,31+,38+/m1/s1. The smallest absolute Gasteiger partial charge is 0.408 e. The lowest BCUT2D eigenvalue weighted by Crippen LogP contribution is -2.61. The number of fused-ring (bicyclic) bond motifs is 1. The molecule has 1 aliphatic carbocycles. The van der Waals surface area contributed by atoms with Crippen LogP contribution in [0.1, 0.15) is 80.1 Å². The second-order valence-corrected chi connectivity index (χ2v) is 17.1. The molecule has 0 spiro atoms. The molecule has 2 aliphatic rings. The number of likely N-dealkylation sites (tertiary alicyclic amines) is 1. The topological polar surface area (TPSA) is 199 Å². The van der Waals surface area contributed by atoms with Gasteiger partial charge in [0.05, 0.1) is 18.9 Å². The van der Waals surface area contributed by atoms with E-state index in [2.05, 4.69) is 26.9 Å². The maximum absolute atomic E-state index is 14.5. The van der Waals surface area contributed by atoms with Crippen LogP contribution >= 0.6 is 0 Å². The van der Waals surface area contributed by atoms with Crippen molar-refractivity contribution < 1.29 is 46.6 Å². The van der Waals surface area contributed by atoms with Gasteiger partial charge >= 0.3 is 6.09 Å². The third kappa shape index (κ3) is 11.0. The van der Waals surface area contributed by atoms with E-state index in [1.807, 2.05) is 6.07 Å². The number of nitrogens with zero attached hydrogens (tertiary/aromatic N) is 2. The molecule has 3 N–H and O–H groups in total. The van der Waals surface area contributed by atoms with E-state index in [9.17, 15) is 32.4 Å². The molecule has 1 aromatic heterocycles. The van der Waals surface area contributed by atoms with Gasteiger partial charge < -0.3 is 29.7 Å². The van der Waals surface area contributed by atoms with E-state index in [-0.39, 0.29) is 43.9 Å². The zero-order chi connectivity index (χ0) is 40.0. The highest BCUT2D eigenvalue weighted by Crippen LogP contribution is 2.31. The fraction of sp³-hybridized carbons (Fsp3) is 0.526. The van der Waals surface area contributed by atoms with Crippen LogP contribution in [0.5, 0.6) is 11.6 Å². The first-order valence-corrected chi connectivity index (χ1v) is 19.4. The molecular weight excluding hydrogens is 719 g/mol. The van der Waals surface area contributed by atoms with Crippen molar-refractivity contribution in [1.82, 2.24) is 25.2 Å². The lowest BCUT2D eigenvalue weighted by atomic mass is 9.96. The molecule has 2 fully saturated rings. The molecule has 1 saturated heterocycles. The van der Waals surface area contributed by atoms with E-state index in [1.165, 1.54) is 24.0 Å². The Balaban J connectivity index is 1.68. The van der Waals surface area contributed by atoms with Gasteiger partial charge in [-0.2, -0.15) is 0 Å². The first kappa shape index (κ1) is 41.8. The second kappa shape index (κ2) is 17.0. The van der Waals surface area contributed by atoms with Gasteiger partial charge in [-0.05, 0) is 103 Å². The number of methoxy groups -OCH3 is 1. The number of amides is 4. The van der Waals surface area contributed by atoms with Crippen molar-refractivity contribution >= 4 is 50.4 Å². The summed E-state index contributed by atoms with van der Waals surface area (Å²) >= 11 is 0. The first-order chi connectivity index (χ1) is 25.2. The van der Waals surface area contributed by atoms with Gasteiger partial charge in [0.2, 0.25) is 27.7 Å². The van der Waals surface area contributed by atoms with Gasteiger partial charge in [-0.15, -0.1) is 6.58 Å². The van der Waals surface area contributed by atoms with Crippen LogP contribution in [0.4, 0.5) is 4.79 Å². The Kier molecular flexibility index (Phi) is 13.1. The van der Waals surface area contributed by atoms with Gasteiger partial charge in [0.25, 0.3) is 5.91 Å². The van der Waals surface area contributed by atoms with E-state index in [4.69, 9.17) is 14.2 Å². The van der Waals surface area contributed by atoms with Gasteiger partial charge in [-0.25, -0.2) is 18.2 Å². The molecule has 16 heteroatoms. The summed E-state index contributed by atoms with van der Waals surface area (Å²) in [5.74, 6) is -1.82. The highest BCUT2D eigenvalue weighted by Gasteiger charge is 2.47. The number of ketones is 1. The first-order valence-electron chi connectivity index (χ1n) is 17.8. The summed E-state index contributed by atoms with van der Waals surface area (Å²) in [7, 11) is -2.41. The minimum absolute atomic E-state index is 0.0617. The maximum Gasteiger partial charge on any atom is 0.408 e. The molecule has 4 rings (SSSR count). The number of alkyl carbamates (subject to hydrolysis) is 1. The van der Waals surface area contributed by atoms with E-state index < -0.39 is 68.4 Å². The number of hydrogen-bond acceptors (Lipinski definition) is 11. The van der Waals surface area contributed by atoms with Gasteiger partial charge in [0.1, 0.15) is 35.1 Å². The van der Waals surface area contributed by atoms with Crippen molar-refractivity contribution in [2.24, 2.45) is 0 Å². The van der Waals surface area contributed by atoms with Crippen LogP contribution in [0, 0.1) is 0 Å². The van der Waals surface area contributed by atoms with Crippen LogP contribution < -0.4 is 24.8 Å². The van der Waals surface area contributed by atoms with Crippen LogP contribution in [-0.2, 0) is 33.9 Å². The van der Waals surface area contributed by atoms with Crippen molar-refractivity contribution in [2.45, 2.75) is 115 Å². The predicted octanol–water partition coefficient (Wildman–Crippen LogP) is 3.86. The minimum Gasteiger partial charge on any atom is -0.497 e. The lowest BCUT2D eigenvalue weighted by Gasteiger charge is -2.33. The summed E-state index contributed by atoms with van der Waals surface area (Å²) in [6.07, 6.45) is 3.11. The van der Waals surface area contributed by atoms with Gasteiger partial charge in [-0.3, -0.25) is 23.9 Å². The van der Waals surface area contributed by atoms with Gasteiger partial charge in [0.15, 0.2) is 5.78 Å². The van der Waals surface area contributed by atoms with Crippen LogP contribution in [0.3, 0.4) is 0 Å². The number of sulfonamides is 1. The molecule has 294 valence electrons. The van der Waals surface area contributed by atoms with Crippen LogP contribution in [-0.4, -0.2) is 96.1 Å². The fourth-order valence-corrected chi connectivity index (χ4v) is 7.43. The third-order valence-electron chi connectivity index (χ3n) is 8.83. The van der Waals surface area contributed by atoms with E-state index >= 15 is 0 Å². The highest BCUT2D eigenvalue weighted by atomic mass is 32.2. The quantitative estimate of drug-likeness (QED) is 0.166. The molecule has 2 aromatic rings. The molecule has 1 aliphatic heterocycles. The summed E-state index contributed by atoms with van der Waals surface area (Å²) < 4.78 is 44.5. The zero-order valence-electron chi connectivity index (χ0n) is 31.9. The number of pyridine rings is 1. The van der Waals surface area contributed by atoms with Gasteiger partial charge in [0, 0.05) is 24.4 Å². The molecule has 54 heavy (non-hydrogen) atoms. The van der Waals surface area contributed by atoms with Crippen molar-refractivity contribution in [2.75, 3.05) is 13.7 Å². The van der Waals surface area contributed by atoms with Gasteiger partial charge in [-0.1, -0.05) is 11.6 Å². The van der Waals surface area contributed by atoms with E-state index in [1.54, 1.807) is 66.1 Å². The number of hydrogen-bond donors (Lipinski definition) is 3. The predicted molar refractivity (Wildman–Crippen MR) is 201 cm³/mol. The number of rotatable bonds is 16. The second-order valence-electron chi connectivity index (χ2n) is 15.1. The monoisotopic (exact) mass is 769 g/mol. The average Bonchev–Trinajstić information content (AvgIpc) is 3.86. The number of benzene rings is 1. The highest BCUT2D eigenvalue weighted by molar-refractivity contribution is 7.91. The number of ether oxygens (including phenoxy) is 3. The molecule has 1 saturated carbocycles. The van der Waals surface area contributed by atoms with Crippen molar-refractivity contribution in [3.63, 3.8) is 0 Å². The van der Waals surface area contributed by atoms with E-state index in [0.717, 1.165) is 11.0 Å². The SMILES string of the molecule is C=CC[C@](C)(NC(=O)[C@@H]1C[C@@H](Oc2nccc3cc(OC)ccc23)CN1C(=O)[C@H](CCC(=O)C=C(C)C)NC(=O)OC(C)(C)C)C(=O)NS(=O)(=O)C1CC1. The van der Waals surface area contributed by atoms with E-state index in [0.29, 0.717) is 24.0 Å². The molecule has 0 bridgehead atoms. The summed E-state index contributed by atoms with van der Waals surface area (Å²) in [6, 6.07) is 4.56. The number of nitrogens with one attached hydrogen (secondary N) is 3. The Labute approximate surface area is 316 Å². The normalized spacial score (nSPS) is 18.8. The molecule has 15 nitrogen and oxygen atoms in total. The molecular formula is C38H51N5O10S. The lowest BCUT2D eigenvalue weighted by molar-refractivity contribution is -0.142. The number of aromatic nitrogens is 1. The Morgan fingerprint density at radius 2 is 1.80 bits per heavy atom. The summed E-state index contributed by atoms with van der Waals surface area (Å²) in [5, 5.41) is 5.99. The summed E-state index contributed by atoms with van der Waals surface area (Å²) in [5.41, 5.74) is -1.91. The Morgan fingerprint density at radius 3 is 2.41 bits per heavy atom. The van der Waals surface area contributed by atoms with Crippen LogP contribution in [0.15, 0.2) is 54.8 Å². The number of carbonyl (C=O) groups excluding carboxylic acids is 5. The zero-order valence-corrected chi connectivity index (χ0v) is 32.7. The molecule has 2 heterocycles. The molecule has 1 aromatic carbocycles. The Bertz CT molecular complexity index is 1920. The molecule has 4 atom stereocenters. The number of carbonyl (C=O) groups is 5. The average molecular weight is 770 g/mol. The largest absolute Gasteiger partial charge is 0.497 e. The fourth-order valence-electron chi connectivity index (χ4n) is 6.02. The van der Waals surface area contributed by atoms with Crippen LogP contribution in [0.25, 0.3) is 10.8 Å². The maximum atomic E-state index is 14.5.